The molecule has 1 fully saturated rings. The van der Waals surface area contributed by atoms with Crippen LogP contribution in [0.15, 0.2) is 36.5 Å². The highest BCUT2D eigenvalue weighted by molar-refractivity contribution is 5.97. The number of amides is 1. The molecule has 0 bridgehead atoms. The number of halogens is 1. The standard InChI is InChI=1S/C21H24FN3O/c22-16-8-10-17(11-9-16)24-20-13-19-15(14-23-20)7-12-21(26)25(19)18-5-3-1-2-4-6-18/h8-11,13-14,18H,1-7,12H2,(H,23,24). The van der Waals surface area contributed by atoms with Crippen molar-refractivity contribution in [2.75, 3.05) is 10.2 Å². The van der Waals surface area contributed by atoms with E-state index in [9.17, 15) is 9.18 Å². The molecule has 2 heterocycles. The van der Waals surface area contributed by atoms with E-state index in [0.717, 1.165) is 36.2 Å². The predicted octanol–water partition coefficient (Wildman–Crippen LogP) is 4.97. The van der Waals surface area contributed by atoms with Crippen molar-refractivity contribution in [2.24, 2.45) is 0 Å². The Morgan fingerprint density at radius 2 is 1.77 bits per heavy atom. The van der Waals surface area contributed by atoms with Gasteiger partial charge in [0, 0.05) is 30.4 Å². The average Bonchev–Trinajstić information content (AvgIpc) is 2.93. The van der Waals surface area contributed by atoms with Crippen LogP contribution in [0.3, 0.4) is 0 Å². The fraction of sp³-hybridized carbons (Fsp3) is 0.429. The topological polar surface area (TPSA) is 45.2 Å². The van der Waals surface area contributed by atoms with E-state index in [4.69, 9.17) is 0 Å². The first-order valence-corrected chi connectivity index (χ1v) is 9.54. The number of rotatable bonds is 3. The Morgan fingerprint density at radius 3 is 2.50 bits per heavy atom. The maximum absolute atomic E-state index is 13.1. The summed E-state index contributed by atoms with van der Waals surface area (Å²) in [5.74, 6) is 0.645. The maximum Gasteiger partial charge on any atom is 0.227 e. The molecule has 1 N–H and O–H groups in total. The van der Waals surface area contributed by atoms with Crippen LogP contribution >= 0.6 is 0 Å². The molecule has 0 atom stereocenters. The molecule has 136 valence electrons. The lowest BCUT2D eigenvalue weighted by molar-refractivity contribution is -0.119. The molecule has 1 aromatic heterocycles. The number of hydrogen-bond acceptors (Lipinski definition) is 3. The van der Waals surface area contributed by atoms with Gasteiger partial charge in [0.15, 0.2) is 0 Å². The summed E-state index contributed by atoms with van der Waals surface area (Å²) in [4.78, 5) is 19.2. The van der Waals surface area contributed by atoms with Gasteiger partial charge in [-0.2, -0.15) is 0 Å². The largest absolute Gasteiger partial charge is 0.340 e. The lowest BCUT2D eigenvalue weighted by Crippen LogP contribution is -2.43. The Balaban J connectivity index is 1.63. The van der Waals surface area contributed by atoms with E-state index in [1.54, 1.807) is 12.1 Å². The normalized spacial score (nSPS) is 18.3. The van der Waals surface area contributed by atoms with Crippen molar-refractivity contribution in [1.82, 2.24) is 4.98 Å². The van der Waals surface area contributed by atoms with E-state index < -0.39 is 0 Å². The minimum Gasteiger partial charge on any atom is -0.340 e. The molecule has 2 aliphatic rings. The molecule has 0 saturated heterocycles. The third-order valence-corrected chi connectivity index (χ3v) is 5.40. The molecule has 2 aromatic rings. The van der Waals surface area contributed by atoms with Crippen LogP contribution in [0.5, 0.6) is 0 Å². The van der Waals surface area contributed by atoms with Gasteiger partial charge in [-0.15, -0.1) is 0 Å². The van der Waals surface area contributed by atoms with Gasteiger partial charge in [-0.25, -0.2) is 9.37 Å². The van der Waals surface area contributed by atoms with Crippen LogP contribution in [-0.4, -0.2) is 16.9 Å². The number of pyridine rings is 1. The summed E-state index contributed by atoms with van der Waals surface area (Å²) in [6.45, 7) is 0. The molecular weight excluding hydrogens is 329 g/mol. The SMILES string of the molecule is O=C1CCc2cnc(Nc3ccc(F)cc3)cc2N1C1CCCCCC1. The molecular formula is C21H24FN3O. The van der Waals surface area contributed by atoms with Crippen LogP contribution in [0, 0.1) is 5.82 Å². The number of aryl methyl sites for hydroxylation is 1. The van der Waals surface area contributed by atoms with E-state index in [1.165, 1.54) is 37.8 Å². The molecule has 26 heavy (non-hydrogen) atoms. The molecule has 0 unspecified atom stereocenters. The first-order valence-electron chi connectivity index (χ1n) is 9.54. The predicted molar refractivity (Wildman–Crippen MR) is 101 cm³/mol. The van der Waals surface area contributed by atoms with Crippen molar-refractivity contribution in [3.63, 3.8) is 0 Å². The summed E-state index contributed by atoms with van der Waals surface area (Å²) >= 11 is 0. The summed E-state index contributed by atoms with van der Waals surface area (Å²) in [5, 5.41) is 3.22. The third kappa shape index (κ3) is 3.57. The number of carbonyl (C=O) groups is 1. The van der Waals surface area contributed by atoms with E-state index in [0.29, 0.717) is 18.3 Å². The number of nitrogens with zero attached hydrogens (tertiary/aromatic N) is 2. The maximum atomic E-state index is 13.1. The van der Waals surface area contributed by atoms with E-state index in [-0.39, 0.29) is 11.7 Å². The minimum atomic E-state index is -0.265. The van der Waals surface area contributed by atoms with Crippen LogP contribution in [0.2, 0.25) is 0 Å². The highest BCUT2D eigenvalue weighted by atomic mass is 19.1. The summed E-state index contributed by atoms with van der Waals surface area (Å²) in [5.41, 5.74) is 2.91. The number of carbonyl (C=O) groups excluding carboxylic acids is 1. The highest BCUT2D eigenvalue weighted by Gasteiger charge is 2.31. The van der Waals surface area contributed by atoms with Crippen molar-refractivity contribution < 1.29 is 9.18 Å². The molecule has 1 saturated carbocycles. The molecule has 4 nitrogen and oxygen atoms in total. The summed E-state index contributed by atoms with van der Waals surface area (Å²) in [6, 6.07) is 8.48. The first kappa shape index (κ1) is 17.0. The Morgan fingerprint density at radius 1 is 1.04 bits per heavy atom. The fourth-order valence-corrected chi connectivity index (χ4v) is 4.05. The summed E-state index contributed by atoms with van der Waals surface area (Å²) in [6.07, 6.45) is 10.3. The Kier molecular flexibility index (Phi) is 4.87. The lowest BCUT2D eigenvalue weighted by atomic mass is 9.98. The highest BCUT2D eigenvalue weighted by Crippen LogP contribution is 2.35. The summed E-state index contributed by atoms with van der Waals surface area (Å²) in [7, 11) is 0. The zero-order valence-electron chi connectivity index (χ0n) is 14.9. The van der Waals surface area contributed by atoms with E-state index in [1.807, 2.05) is 17.2 Å². The van der Waals surface area contributed by atoms with Gasteiger partial charge in [-0.1, -0.05) is 25.7 Å². The average molecular weight is 353 g/mol. The number of nitrogens with one attached hydrogen (secondary N) is 1. The Hall–Kier alpha value is -2.43. The van der Waals surface area contributed by atoms with Gasteiger partial charge in [-0.05, 0) is 49.1 Å². The number of fused-ring (bicyclic) bond motifs is 1. The quantitative estimate of drug-likeness (QED) is 0.793. The third-order valence-electron chi connectivity index (χ3n) is 5.40. The van der Waals surface area contributed by atoms with Gasteiger partial charge in [0.1, 0.15) is 11.6 Å². The molecule has 0 spiro atoms. The Labute approximate surface area is 153 Å². The second-order valence-corrected chi connectivity index (χ2v) is 7.24. The number of aromatic nitrogens is 1. The molecule has 1 aliphatic heterocycles. The zero-order valence-corrected chi connectivity index (χ0v) is 14.9. The number of hydrogen-bond donors (Lipinski definition) is 1. The van der Waals surface area contributed by atoms with Crippen molar-refractivity contribution >= 4 is 23.1 Å². The molecule has 1 aliphatic carbocycles. The minimum absolute atomic E-state index is 0.225. The van der Waals surface area contributed by atoms with Crippen LogP contribution < -0.4 is 10.2 Å². The van der Waals surface area contributed by atoms with Gasteiger partial charge in [-0.3, -0.25) is 4.79 Å². The second kappa shape index (κ2) is 7.44. The van der Waals surface area contributed by atoms with Crippen molar-refractivity contribution in [3.05, 3.63) is 47.9 Å². The van der Waals surface area contributed by atoms with Crippen molar-refractivity contribution in [3.8, 4) is 0 Å². The van der Waals surface area contributed by atoms with Crippen LogP contribution in [0.1, 0.15) is 50.5 Å². The molecule has 4 rings (SSSR count). The molecule has 1 amide bonds. The molecule has 5 heteroatoms. The van der Waals surface area contributed by atoms with Gasteiger partial charge in [0.25, 0.3) is 0 Å². The molecule has 1 aromatic carbocycles. The molecule has 0 radical (unpaired) electrons. The van der Waals surface area contributed by atoms with Crippen LogP contribution in [0.25, 0.3) is 0 Å². The van der Waals surface area contributed by atoms with Crippen molar-refractivity contribution in [2.45, 2.75) is 57.4 Å². The Bertz CT molecular complexity index is 782. The second-order valence-electron chi connectivity index (χ2n) is 7.24. The lowest BCUT2D eigenvalue weighted by Gasteiger charge is -2.36. The van der Waals surface area contributed by atoms with E-state index >= 15 is 0 Å². The van der Waals surface area contributed by atoms with Gasteiger partial charge < -0.3 is 10.2 Å². The zero-order chi connectivity index (χ0) is 17.9. The monoisotopic (exact) mass is 353 g/mol. The first-order chi connectivity index (χ1) is 12.7. The van der Waals surface area contributed by atoms with E-state index in [2.05, 4.69) is 10.3 Å². The van der Waals surface area contributed by atoms with Crippen molar-refractivity contribution in [1.29, 1.82) is 0 Å². The number of anilines is 3. The van der Waals surface area contributed by atoms with Crippen LogP contribution in [0.4, 0.5) is 21.6 Å². The van der Waals surface area contributed by atoms with Gasteiger partial charge in [0.2, 0.25) is 5.91 Å². The smallest absolute Gasteiger partial charge is 0.227 e. The summed E-state index contributed by atoms with van der Waals surface area (Å²) < 4.78 is 13.1. The van der Waals surface area contributed by atoms with Gasteiger partial charge >= 0.3 is 0 Å². The van der Waals surface area contributed by atoms with Crippen LogP contribution in [-0.2, 0) is 11.2 Å². The fourth-order valence-electron chi connectivity index (χ4n) is 4.05. The number of benzene rings is 1. The van der Waals surface area contributed by atoms with Gasteiger partial charge in [0.05, 0.1) is 5.69 Å².